The van der Waals surface area contributed by atoms with Crippen LogP contribution < -0.4 is 14.8 Å². The molecule has 1 heterocycles. The Morgan fingerprint density at radius 1 is 1.11 bits per heavy atom. The summed E-state index contributed by atoms with van der Waals surface area (Å²) in [6.45, 7) is 6.92. The Balaban J connectivity index is 0.00000280. The van der Waals surface area contributed by atoms with Crippen molar-refractivity contribution in [3.05, 3.63) is 58.6 Å². The van der Waals surface area contributed by atoms with Crippen molar-refractivity contribution < 1.29 is 14.2 Å². The lowest BCUT2D eigenvalue weighted by Crippen LogP contribution is -2.40. The molecule has 5 nitrogen and oxygen atoms in total. The molecule has 0 aliphatic carbocycles. The molecule has 1 saturated heterocycles. The summed E-state index contributed by atoms with van der Waals surface area (Å²) in [7, 11) is 1.66. The summed E-state index contributed by atoms with van der Waals surface area (Å²) in [6.07, 6.45) is 0. The van der Waals surface area contributed by atoms with Gasteiger partial charge in [-0.25, -0.2) is 0 Å². The van der Waals surface area contributed by atoms with E-state index in [1.165, 1.54) is 5.56 Å². The smallest absolute Gasteiger partial charge is 0.161 e. The topological polar surface area (TPSA) is 43.0 Å². The van der Waals surface area contributed by atoms with Gasteiger partial charge in [-0.05, 0) is 23.8 Å². The van der Waals surface area contributed by atoms with Gasteiger partial charge in [0.15, 0.2) is 11.5 Å². The highest BCUT2D eigenvalue weighted by Crippen LogP contribution is 2.29. The third kappa shape index (κ3) is 6.83. The van der Waals surface area contributed by atoms with Gasteiger partial charge in [0.05, 0.1) is 20.3 Å². The fraction of sp³-hybridized carbons (Fsp3) is 0.429. The lowest BCUT2D eigenvalue weighted by atomic mass is 10.2. The Morgan fingerprint density at radius 2 is 1.89 bits per heavy atom. The van der Waals surface area contributed by atoms with Gasteiger partial charge in [-0.2, -0.15) is 0 Å². The standard InChI is InChI=1S/C21H27ClN2O3.ClH/c1-25-21-14-17(15-23-8-9-24-10-12-26-13-11-24)6-7-20(21)27-16-18-4-2-3-5-19(18)22;/h2-7,14,23H,8-13,15-16H2,1H3;1H. The summed E-state index contributed by atoms with van der Waals surface area (Å²) in [6, 6.07) is 13.7. The van der Waals surface area contributed by atoms with E-state index in [0.717, 1.165) is 63.0 Å². The van der Waals surface area contributed by atoms with Gasteiger partial charge in [-0.15, -0.1) is 12.4 Å². The molecular weight excluding hydrogens is 399 g/mol. The van der Waals surface area contributed by atoms with Gasteiger partial charge >= 0.3 is 0 Å². The number of rotatable bonds is 9. The molecular formula is C21H28Cl2N2O3. The molecule has 0 radical (unpaired) electrons. The van der Waals surface area contributed by atoms with Gasteiger partial charge in [0.2, 0.25) is 0 Å². The zero-order valence-corrected chi connectivity index (χ0v) is 17.7. The fourth-order valence-corrected chi connectivity index (χ4v) is 3.20. The van der Waals surface area contributed by atoms with Crippen molar-refractivity contribution in [3.8, 4) is 11.5 Å². The second kappa shape index (κ2) is 12.1. The van der Waals surface area contributed by atoms with Crippen LogP contribution in [0.4, 0.5) is 0 Å². The van der Waals surface area contributed by atoms with Crippen molar-refractivity contribution >= 4 is 24.0 Å². The van der Waals surface area contributed by atoms with Crippen molar-refractivity contribution in [3.63, 3.8) is 0 Å². The summed E-state index contributed by atoms with van der Waals surface area (Å²) < 4.78 is 16.8. The summed E-state index contributed by atoms with van der Waals surface area (Å²) in [5.74, 6) is 1.45. The van der Waals surface area contributed by atoms with Crippen LogP contribution in [0.5, 0.6) is 11.5 Å². The second-order valence-corrected chi connectivity index (χ2v) is 6.90. The highest BCUT2D eigenvalue weighted by Gasteiger charge is 2.10. The highest BCUT2D eigenvalue weighted by molar-refractivity contribution is 6.31. The van der Waals surface area contributed by atoms with Crippen LogP contribution in [-0.2, 0) is 17.9 Å². The molecule has 0 saturated carbocycles. The van der Waals surface area contributed by atoms with Crippen LogP contribution in [0, 0.1) is 0 Å². The first-order valence-corrected chi connectivity index (χ1v) is 9.68. The van der Waals surface area contributed by atoms with Crippen LogP contribution in [0.3, 0.4) is 0 Å². The van der Waals surface area contributed by atoms with Crippen molar-refractivity contribution in [2.24, 2.45) is 0 Å². The molecule has 0 spiro atoms. The van der Waals surface area contributed by atoms with E-state index < -0.39 is 0 Å². The van der Waals surface area contributed by atoms with Crippen LogP contribution in [0.15, 0.2) is 42.5 Å². The molecule has 1 aliphatic heterocycles. The van der Waals surface area contributed by atoms with Crippen LogP contribution in [0.2, 0.25) is 5.02 Å². The predicted octanol–water partition coefficient (Wildman–Crippen LogP) is 3.77. The van der Waals surface area contributed by atoms with E-state index in [9.17, 15) is 0 Å². The minimum absolute atomic E-state index is 0. The molecule has 28 heavy (non-hydrogen) atoms. The molecule has 0 aromatic heterocycles. The molecule has 154 valence electrons. The summed E-state index contributed by atoms with van der Waals surface area (Å²) in [5.41, 5.74) is 2.12. The summed E-state index contributed by atoms with van der Waals surface area (Å²) in [5, 5.41) is 4.19. The van der Waals surface area contributed by atoms with Crippen LogP contribution in [0.1, 0.15) is 11.1 Å². The van der Waals surface area contributed by atoms with E-state index in [0.29, 0.717) is 11.6 Å². The van der Waals surface area contributed by atoms with Crippen molar-refractivity contribution in [2.75, 3.05) is 46.5 Å². The fourth-order valence-electron chi connectivity index (χ4n) is 3.01. The van der Waals surface area contributed by atoms with Crippen LogP contribution in [0.25, 0.3) is 0 Å². The highest BCUT2D eigenvalue weighted by atomic mass is 35.5. The number of nitrogens with zero attached hydrogens (tertiary/aromatic N) is 1. The number of benzene rings is 2. The second-order valence-electron chi connectivity index (χ2n) is 6.50. The van der Waals surface area contributed by atoms with E-state index in [2.05, 4.69) is 16.3 Å². The lowest BCUT2D eigenvalue weighted by molar-refractivity contribution is 0.0384. The Kier molecular flexibility index (Phi) is 9.88. The molecule has 0 unspecified atom stereocenters. The first-order chi connectivity index (χ1) is 13.3. The van der Waals surface area contributed by atoms with E-state index in [-0.39, 0.29) is 12.4 Å². The Morgan fingerprint density at radius 3 is 2.64 bits per heavy atom. The molecule has 1 aliphatic rings. The average molecular weight is 427 g/mol. The normalized spacial score (nSPS) is 14.4. The molecule has 7 heteroatoms. The largest absolute Gasteiger partial charge is 0.493 e. The lowest BCUT2D eigenvalue weighted by Gasteiger charge is -2.26. The van der Waals surface area contributed by atoms with E-state index >= 15 is 0 Å². The Hall–Kier alpha value is -1.50. The number of methoxy groups -OCH3 is 1. The monoisotopic (exact) mass is 426 g/mol. The molecule has 0 bridgehead atoms. The summed E-state index contributed by atoms with van der Waals surface area (Å²) in [4.78, 5) is 2.42. The van der Waals surface area contributed by atoms with E-state index in [1.54, 1.807) is 7.11 Å². The third-order valence-corrected chi connectivity index (χ3v) is 4.98. The maximum absolute atomic E-state index is 6.19. The zero-order valence-electron chi connectivity index (χ0n) is 16.2. The summed E-state index contributed by atoms with van der Waals surface area (Å²) >= 11 is 6.19. The molecule has 0 amide bonds. The minimum atomic E-state index is 0. The van der Waals surface area contributed by atoms with Gasteiger partial charge in [0.25, 0.3) is 0 Å². The molecule has 2 aromatic rings. The molecule has 1 fully saturated rings. The molecule has 0 atom stereocenters. The zero-order chi connectivity index (χ0) is 18.9. The van der Waals surface area contributed by atoms with Gasteiger partial charge in [0, 0.05) is 43.3 Å². The van der Waals surface area contributed by atoms with Gasteiger partial charge in [0.1, 0.15) is 6.61 Å². The van der Waals surface area contributed by atoms with Crippen molar-refractivity contribution in [1.82, 2.24) is 10.2 Å². The minimum Gasteiger partial charge on any atom is -0.493 e. The average Bonchev–Trinajstić information content (AvgIpc) is 2.72. The van der Waals surface area contributed by atoms with Crippen molar-refractivity contribution in [1.29, 1.82) is 0 Å². The number of morpholine rings is 1. The van der Waals surface area contributed by atoms with E-state index in [4.69, 9.17) is 25.8 Å². The number of nitrogens with one attached hydrogen (secondary N) is 1. The van der Waals surface area contributed by atoms with Gasteiger partial charge < -0.3 is 19.5 Å². The Bertz CT molecular complexity index is 725. The van der Waals surface area contributed by atoms with Crippen molar-refractivity contribution in [2.45, 2.75) is 13.2 Å². The van der Waals surface area contributed by atoms with Crippen LogP contribution in [-0.4, -0.2) is 51.4 Å². The number of halogens is 2. The quantitative estimate of drug-likeness (QED) is 0.618. The molecule has 1 N–H and O–H groups in total. The molecule has 2 aromatic carbocycles. The van der Waals surface area contributed by atoms with Crippen LogP contribution >= 0.6 is 24.0 Å². The predicted molar refractivity (Wildman–Crippen MR) is 115 cm³/mol. The van der Waals surface area contributed by atoms with Gasteiger partial charge in [-0.3, -0.25) is 4.90 Å². The maximum Gasteiger partial charge on any atom is 0.161 e. The SMILES string of the molecule is COc1cc(CNCCN2CCOCC2)ccc1OCc1ccccc1Cl.Cl. The Labute approximate surface area is 178 Å². The molecule has 3 rings (SSSR count). The number of hydrogen-bond acceptors (Lipinski definition) is 5. The first kappa shape index (κ1) is 22.8. The maximum atomic E-state index is 6.19. The number of hydrogen-bond donors (Lipinski definition) is 1. The third-order valence-electron chi connectivity index (χ3n) is 4.61. The van der Waals surface area contributed by atoms with E-state index in [1.807, 2.05) is 36.4 Å². The van der Waals surface area contributed by atoms with Gasteiger partial charge in [-0.1, -0.05) is 35.9 Å². The number of ether oxygens (including phenoxy) is 3. The first-order valence-electron chi connectivity index (χ1n) is 9.30.